The highest BCUT2D eigenvalue weighted by Crippen LogP contribution is 2.20. The summed E-state index contributed by atoms with van der Waals surface area (Å²) in [6.07, 6.45) is -0.243. The summed E-state index contributed by atoms with van der Waals surface area (Å²) in [6, 6.07) is 7.71. The standard InChI is InChI=1S/C23H28N4O3/c1-13-8-7-9-14(2)22(13)25-23(29)18(6)30-21(28)11-10-19-16(4)24-20-12-15(3)26-27(20)17(19)5/h7-9,12,18H,10-11H2,1-6H3,(H,25,29)/t18-/m1/s1. The second-order valence-corrected chi connectivity index (χ2v) is 7.71. The highest BCUT2D eigenvalue weighted by Gasteiger charge is 2.20. The minimum absolute atomic E-state index is 0.163. The minimum atomic E-state index is -0.881. The van der Waals surface area contributed by atoms with Crippen LogP contribution in [0.2, 0.25) is 0 Å². The number of amides is 1. The SMILES string of the molecule is Cc1cc2nc(C)c(CCC(=O)O[C@H](C)C(=O)Nc3c(C)cccc3C)c(C)n2n1. The number of rotatable bonds is 6. The lowest BCUT2D eigenvalue weighted by Gasteiger charge is -2.16. The van der Waals surface area contributed by atoms with Gasteiger partial charge in [-0.1, -0.05) is 18.2 Å². The lowest BCUT2D eigenvalue weighted by atomic mass is 10.1. The lowest BCUT2D eigenvalue weighted by Crippen LogP contribution is -2.30. The van der Waals surface area contributed by atoms with Gasteiger partial charge in [0, 0.05) is 29.6 Å². The van der Waals surface area contributed by atoms with Crippen LogP contribution in [0.3, 0.4) is 0 Å². The van der Waals surface area contributed by atoms with Gasteiger partial charge >= 0.3 is 5.97 Å². The smallest absolute Gasteiger partial charge is 0.306 e. The number of hydrogen-bond acceptors (Lipinski definition) is 5. The van der Waals surface area contributed by atoms with Gasteiger partial charge in [-0.15, -0.1) is 0 Å². The Morgan fingerprint density at radius 1 is 1.13 bits per heavy atom. The van der Waals surface area contributed by atoms with E-state index in [9.17, 15) is 9.59 Å². The molecule has 1 atom stereocenters. The summed E-state index contributed by atoms with van der Waals surface area (Å²) in [7, 11) is 0. The maximum absolute atomic E-state index is 12.5. The van der Waals surface area contributed by atoms with Gasteiger partial charge in [0.1, 0.15) is 0 Å². The van der Waals surface area contributed by atoms with Crippen LogP contribution in [0.1, 0.15) is 47.1 Å². The molecule has 7 nitrogen and oxygen atoms in total. The zero-order valence-electron chi connectivity index (χ0n) is 18.4. The molecule has 0 aliphatic heterocycles. The van der Waals surface area contributed by atoms with Crippen molar-refractivity contribution in [3.63, 3.8) is 0 Å². The van der Waals surface area contributed by atoms with Crippen molar-refractivity contribution < 1.29 is 14.3 Å². The van der Waals surface area contributed by atoms with E-state index >= 15 is 0 Å². The number of aryl methyl sites for hydroxylation is 5. The van der Waals surface area contributed by atoms with Crippen molar-refractivity contribution in [3.05, 3.63) is 58.0 Å². The quantitative estimate of drug-likeness (QED) is 0.628. The molecule has 0 aliphatic carbocycles. The van der Waals surface area contributed by atoms with Gasteiger partial charge in [0.15, 0.2) is 11.8 Å². The van der Waals surface area contributed by atoms with E-state index in [4.69, 9.17) is 4.74 Å². The molecule has 0 saturated carbocycles. The number of hydrogen-bond donors (Lipinski definition) is 1. The summed E-state index contributed by atoms with van der Waals surface area (Å²) >= 11 is 0. The summed E-state index contributed by atoms with van der Waals surface area (Å²) < 4.78 is 7.16. The van der Waals surface area contributed by atoms with Crippen molar-refractivity contribution in [2.24, 2.45) is 0 Å². The Hall–Kier alpha value is -3.22. The lowest BCUT2D eigenvalue weighted by molar-refractivity contribution is -0.153. The van der Waals surface area contributed by atoms with E-state index in [1.807, 2.05) is 58.9 Å². The number of fused-ring (bicyclic) bond motifs is 1. The first-order chi connectivity index (χ1) is 14.2. The van der Waals surface area contributed by atoms with Gasteiger partial charge in [0.05, 0.1) is 5.69 Å². The Labute approximate surface area is 176 Å². The van der Waals surface area contributed by atoms with Gasteiger partial charge in [-0.2, -0.15) is 5.10 Å². The molecule has 1 amide bonds. The molecule has 3 aromatic rings. The molecule has 0 spiro atoms. The minimum Gasteiger partial charge on any atom is -0.453 e. The summed E-state index contributed by atoms with van der Waals surface area (Å²) in [4.78, 5) is 29.4. The highest BCUT2D eigenvalue weighted by molar-refractivity contribution is 5.96. The summed E-state index contributed by atoms with van der Waals surface area (Å²) in [5.41, 5.74) is 7.17. The van der Waals surface area contributed by atoms with Crippen LogP contribution in [-0.2, 0) is 20.7 Å². The Kier molecular flexibility index (Phi) is 6.20. The van der Waals surface area contributed by atoms with Gasteiger partial charge in [0.2, 0.25) is 0 Å². The van der Waals surface area contributed by atoms with Crippen molar-refractivity contribution in [2.75, 3.05) is 5.32 Å². The van der Waals surface area contributed by atoms with Crippen molar-refractivity contribution in [3.8, 4) is 0 Å². The van der Waals surface area contributed by atoms with E-state index in [1.54, 1.807) is 11.4 Å². The van der Waals surface area contributed by atoms with Crippen LogP contribution in [0.4, 0.5) is 5.69 Å². The molecule has 0 aliphatic rings. The second-order valence-electron chi connectivity index (χ2n) is 7.71. The molecule has 0 radical (unpaired) electrons. The Bertz CT molecular complexity index is 1100. The molecule has 30 heavy (non-hydrogen) atoms. The Morgan fingerprint density at radius 2 is 1.80 bits per heavy atom. The molecule has 0 bridgehead atoms. The average Bonchev–Trinajstić information content (AvgIpc) is 3.04. The molecule has 2 heterocycles. The first-order valence-corrected chi connectivity index (χ1v) is 10.1. The Morgan fingerprint density at radius 3 is 2.47 bits per heavy atom. The molecular formula is C23H28N4O3. The first kappa shape index (κ1) is 21.5. The number of nitrogens with zero attached hydrogens (tertiary/aromatic N) is 3. The van der Waals surface area contributed by atoms with Crippen molar-refractivity contribution in [1.82, 2.24) is 14.6 Å². The van der Waals surface area contributed by atoms with E-state index in [2.05, 4.69) is 15.4 Å². The molecule has 0 fully saturated rings. The number of benzene rings is 1. The molecule has 0 unspecified atom stereocenters. The van der Waals surface area contributed by atoms with E-state index in [-0.39, 0.29) is 12.3 Å². The second kappa shape index (κ2) is 8.65. The fourth-order valence-electron chi connectivity index (χ4n) is 3.58. The van der Waals surface area contributed by atoms with Crippen LogP contribution >= 0.6 is 0 Å². The van der Waals surface area contributed by atoms with E-state index in [1.165, 1.54) is 0 Å². The number of carbonyl (C=O) groups is 2. The van der Waals surface area contributed by atoms with Gasteiger partial charge in [0.25, 0.3) is 5.91 Å². The molecule has 3 rings (SSSR count). The Balaban J connectivity index is 1.62. The fraction of sp³-hybridized carbons (Fsp3) is 0.391. The van der Waals surface area contributed by atoms with Crippen molar-refractivity contribution in [2.45, 2.75) is 60.5 Å². The molecule has 158 valence electrons. The van der Waals surface area contributed by atoms with Crippen LogP contribution < -0.4 is 5.32 Å². The third-order valence-electron chi connectivity index (χ3n) is 5.27. The van der Waals surface area contributed by atoms with Gasteiger partial charge in [-0.25, -0.2) is 9.50 Å². The largest absolute Gasteiger partial charge is 0.453 e. The predicted molar refractivity (Wildman–Crippen MR) is 116 cm³/mol. The molecule has 7 heteroatoms. The molecule has 0 saturated heterocycles. The normalized spacial score (nSPS) is 12.1. The number of para-hydroxylation sites is 1. The molecular weight excluding hydrogens is 380 g/mol. The summed E-state index contributed by atoms with van der Waals surface area (Å²) in [5, 5.41) is 7.31. The number of nitrogens with one attached hydrogen (secondary N) is 1. The number of esters is 1. The summed E-state index contributed by atoms with van der Waals surface area (Å²) in [6.45, 7) is 11.3. The maximum Gasteiger partial charge on any atom is 0.306 e. The monoisotopic (exact) mass is 408 g/mol. The zero-order chi connectivity index (χ0) is 22.0. The van der Waals surface area contributed by atoms with E-state index in [0.717, 1.165) is 45.1 Å². The summed E-state index contributed by atoms with van der Waals surface area (Å²) in [5.74, 6) is -0.766. The van der Waals surface area contributed by atoms with Gasteiger partial charge in [-0.3, -0.25) is 9.59 Å². The van der Waals surface area contributed by atoms with E-state index < -0.39 is 12.1 Å². The van der Waals surface area contributed by atoms with Gasteiger partial charge in [-0.05, 0) is 64.7 Å². The van der Waals surface area contributed by atoms with E-state index in [0.29, 0.717) is 6.42 Å². The molecule has 1 aromatic carbocycles. The molecule has 1 N–H and O–H groups in total. The molecule has 2 aromatic heterocycles. The van der Waals surface area contributed by atoms with Crippen LogP contribution in [0, 0.1) is 34.6 Å². The topological polar surface area (TPSA) is 85.6 Å². The van der Waals surface area contributed by atoms with Crippen LogP contribution in [0.5, 0.6) is 0 Å². The number of aromatic nitrogens is 3. The third kappa shape index (κ3) is 4.50. The average molecular weight is 409 g/mol. The van der Waals surface area contributed by atoms with Crippen molar-refractivity contribution in [1.29, 1.82) is 0 Å². The first-order valence-electron chi connectivity index (χ1n) is 10.1. The maximum atomic E-state index is 12.5. The third-order valence-corrected chi connectivity index (χ3v) is 5.27. The highest BCUT2D eigenvalue weighted by atomic mass is 16.5. The van der Waals surface area contributed by atoms with Crippen molar-refractivity contribution >= 4 is 23.2 Å². The zero-order valence-corrected chi connectivity index (χ0v) is 18.4. The van der Waals surface area contributed by atoms with Crippen LogP contribution in [0.25, 0.3) is 5.65 Å². The number of ether oxygens (including phenoxy) is 1. The number of carbonyl (C=O) groups excluding carboxylic acids is 2. The van der Waals surface area contributed by atoms with Crippen LogP contribution in [-0.4, -0.2) is 32.6 Å². The fourth-order valence-corrected chi connectivity index (χ4v) is 3.58. The number of anilines is 1. The predicted octanol–water partition coefficient (Wildman–Crippen LogP) is 3.77. The van der Waals surface area contributed by atoms with Crippen LogP contribution in [0.15, 0.2) is 24.3 Å². The van der Waals surface area contributed by atoms with Gasteiger partial charge < -0.3 is 10.1 Å².